The third kappa shape index (κ3) is 3.63. The molecule has 2 aromatic heterocycles. The van der Waals surface area contributed by atoms with Gasteiger partial charge < -0.3 is 9.40 Å². The summed E-state index contributed by atoms with van der Waals surface area (Å²) in [4.78, 5) is 25.6. The molecule has 1 aliphatic heterocycles. The van der Waals surface area contributed by atoms with Gasteiger partial charge in [-0.05, 0) is 12.1 Å². The number of hydrogen-bond acceptors (Lipinski definition) is 5. The Labute approximate surface area is 151 Å². The maximum absolute atomic E-state index is 12.7. The summed E-state index contributed by atoms with van der Waals surface area (Å²) >= 11 is 0. The van der Waals surface area contributed by atoms with Gasteiger partial charge in [-0.15, -0.1) is 0 Å². The van der Waals surface area contributed by atoms with Gasteiger partial charge in [0.2, 0.25) is 0 Å². The van der Waals surface area contributed by atoms with Gasteiger partial charge in [-0.3, -0.25) is 9.69 Å². The Balaban J connectivity index is 1.58. The van der Waals surface area contributed by atoms with Gasteiger partial charge >= 0.3 is 6.18 Å². The van der Waals surface area contributed by atoms with Crippen LogP contribution in [0.25, 0.3) is 11.4 Å². The van der Waals surface area contributed by atoms with Crippen molar-refractivity contribution < 1.29 is 17.6 Å². The van der Waals surface area contributed by atoms with Crippen molar-refractivity contribution in [3.8, 4) is 11.4 Å². The van der Waals surface area contributed by atoms with Crippen LogP contribution in [0.5, 0.6) is 0 Å². The molecule has 0 amide bonds. The number of halogens is 3. The largest absolute Gasteiger partial charge is 0.447 e. The second-order valence-electron chi connectivity index (χ2n) is 6.34. The minimum atomic E-state index is -4.40. The van der Waals surface area contributed by atoms with Gasteiger partial charge in [0.15, 0.2) is 6.39 Å². The Morgan fingerprint density at radius 1 is 1.22 bits per heavy atom. The van der Waals surface area contributed by atoms with Crippen LogP contribution in [0.3, 0.4) is 0 Å². The molecule has 3 aromatic rings. The third-order valence-electron chi connectivity index (χ3n) is 4.50. The van der Waals surface area contributed by atoms with Gasteiger partial charge in [-0.25, -0.2) is 9.97 Å². The first-order valence-electron chi connectivity index (χ1n) is 8.29. The van der Waals surface area contributed by atoms with Gasteiger partial charge in [0.05, 0.1) is 29.6 Å². The maximum Gasteiger partial charge on any atom is 0.416 e. The molecular weight excluding hydrogens is 361 g/mol. The number of fused-ring (bicyclic) bond motifs is 1. The van der Waals surface area contributed by atoms with Crippen molar-refractivity contribution in [2.24, 2.45) is 0 Å². The van der Waals surface area contributed by atoms with E-state index >= 15 is 0 Å². The van der Waals surface area contributed by atoms with Gasteiger partial charge in [0, 0.05) is 25.1 Å². The van der Waals surface area contributed by atoms with E-state index in [1.165, 1.54) is 18.5 Å². The summed E-state index contributed by atoms with van der Waals surface area (Å²) in [7, 11) is 0. The molecule has 0 bridgehead atoms. The van der Waals surface area contributed by atoms with Gasteiger partial charge in [-0.2, -0.15) is 13.2 Å². The van der Waals surface area contributed by atoms with Crippen LogP contribution in [0.4, 0.5) is 13.2 Å². The Bertz CT molecular complexity index is 995. The molecule has 1 N–H and O–H groups in total. The zero-order valence-corrected chi connectivity index (χ0v) is 14.1. The Hall–Kier alpha value is -2.94. The lowest BCUT2D eigenvalue weighted by molar-refractivity contribution is -0.137. The first-order valence-corrected chi connectivity index (χ1v) is 8.29. The number of benzene rings is 1. The second kappa shape index (κ2) is 6.66. The summed E-state index contributed by atoms with van der Waals surface area (Å²) in [6.07, 6.45) is -0.840. The first kappa shape index (κ1) is 17.5. The number of hydrogen-bond donors (Lipinski definition) is 1. The number of H-pyrrole nitrogens is 1. The number of alkyl halides is 3. The molecule has 27 heavy (non-hydrogen) atoms. The minimum absolute atomic E-state index is 0.274. The van der Waals surface area contributed by atoms with Crippen LogP contribution in [0, 0.1) is 0 Å². The molecule has 3 heterocycles. The molecule has 1 aliphatic rings. The zero-order valence-electron chi connectivity index (χ0n) is 14.1. The average molecular weight is 376 g/mol. The molecule has 9 heteroatoms. The zero-order chi connectivity index (χ0) is 19.0. The van der Waals surface area contributed by atoms with E-state index in [-0.39, 0.29) is 11.4 Å². The van der Waals surface area contributed by atoms with Crippen molar-refractivity contribution in [3.63, 3.8) is 0 Å². The van der Waals surface area contributed by atoms with E-state index in [4.69, 9.17) is 4.42 Å². The predicted octanol–water partition coefficient (Wildman–Crippen LogP) is 3.00. The van der Waals surface area contributed by atoms with Gasteiger partial charge in [0.1, 0.15) is 11.6 Å². The van der Waals surface area contributed by atoms with E-state index < -0.39 is 11.7 Å². The molecule has 1 aromatic carbocycles. The van der Waals surface area contributed by atoms with Crippen molar-refractivity contribution >= 4 is 0 Å². The number of aromatic nitrogens is 3. The molecule has 0 fully saturated rings. The van der Waals surface area contributed by atoms with E-state index in [9.17, 15) is 18.0 Å². The van der Waals surface area contributed by atoms with Crippen molar-refractivity contribution in [2.45, 2.75) is 25.7 Å². The summed E-state index contributed by atoms with van der Waals surface area (Å²) in [5.41, 5.74) is 0.651. The van der Waals surface area contributed by atoms with Crippen molar-refractivity contribution in [1.82, 2.24) is 19.9 Å². The van der Waals surface area contributed by atoms with Crippen LogP contribution in [-0.4, -0.2) is 26.4 Å². The van der Waals surface area contributed by atoms with Crippen LogP contribution in [0.1, 0.15) is 22.6 Å². The Morgan fingerprint density at radius 2 is 2.00 bits per heavy atom. The Morgan fingerprint density at radius 3 is 2.67 bits per heavy atom. The lowest BCUT2D eigenvalue weighted by Gasteiger charge is -2.26. The van der Waals surface area contributed by atoms with Crippen LogP contribution in [0.2, 0.25) is 0 Å². The minimum Gasteiger partial charge on any atom is -0.447 e. The molecule has 0 aliphatic carbocycles. The first-order chi connectivity index (χ1) is 12.9. The SMILES string of the molecule is O=c1[nH]c(-c2ccc(C(F)(F)F)cc2)nc2c1CN(Cc1cnco1)CC2. The third-order valence-corrected chi connectivity index (χ3v) is 4.50. The molecule has 140 valence electrons. The van der Waals surface area contributed by atoms with Crippen LogP contribution in [-0.2, 0) is 25.7 Å². The fourth-order valence-electron chi connectivity index (χ4n) is 3.11. The molecule has 0 radical (unpaired) electrons. The molecule has 0 saturated carbocycles. The summed E-state index contributed by atoms with van der Waals surface area (Å²) in [5, 5.41) is 0. The number of nitrogens with zero attached hydrogens (tertiary/aromatic N) is 3. The molecule has 0 atom stereocenters. The Kier molecular flexibility index (Phi) is 4.31. The fourth-order valence-corrected chi connectivity index (χ4v) is 3.11. The van der Waals surface area contributed by atoms with E-state index in [0.717, 1.165) is 12.1 Å². The lowest BCUT2D eigenvalue weighted by Crippen LogP contribution is -2.35. The van der Waals surface area contributed by atoms with Gasteiger partial charge in [-0.1, -0.05) is 12.1 Å². The molecule has 4 rings (SSSR count). The summed E-state index contributed by atoms with van der Waals surface area (Å²) in [6.45, 7) is 1.65. The van der Waals surface area contributed by atoms with Crippen LogP contribution >= 0.6 is 0 Å². The van der Waals surface area contributed by atoms with E-state index in [1.54, 1.807) is 6.20 Å². The highest BCUT2D eigenvalue weighted by atomic mass is 19.4. The molecular formula is C18H15F3N4O2. The smallest absolute Gasteiger partial charge is 0.416 e. The summed E-state index contributed by atoms with van der Waals surface area (Å²) < 4.78 is 43.3. The van der Waals surface area contributed by atoms with E-state index in [1.807, 2.05) is 0 Å². The number of aromatic amines is 1. The second-order valence-corrected chi connectivity index (χ2v) is 6.34. The highest BCUT2D eigenvalue weighted by Gasteiger charge is 2.30. The topological polar surface area (TPSA) is 75.0 Å². The molecule has 0 saturated heterocycles. The summed E-state index contributed by atoms with van der Waals surface area (Å²) in [5.74, 6) is 0.986. The van der Waals surface area contributed by atoms with Crippen LogP contribution < -0.4 is 5.56 Å². The number of nitrogens with one attached hydrogen (secondary N) is 1. The van der Waals surface area contributed by atoms with Gasteiger partial charge in [0.25, 0.3) is 5.56 Å². The van der Waals surface area contributed by atoms with Crippen molar-refractivity contribution in [3.05, 3.63) is 69.8 Å². The highest BCUT2D eigenvalue weighted by Crippen LogP contribution is 2.30. The number of oxazole rings is 1. The van der Waals surface area contributed by atoms with Crippen LogP contribution in [0.15, 0.2) is 46.1 Å². The maximum atomic E-state index is 12.7. The van der Waals surface area contributed by atoms with Crippen molar-refractivity contribution in [1.29, 1.82) is 0 Å². The lowest BCUT2D eigenvalue weighted by atomic mass is 10.1. The fraction of sp³-hybridized carbons (Fsp3) is 0.278. The number of rotatable bonds is 3. The van der Waals surface area contributed by atoms with E-state index in [0.29, 0.717) is 48.6 Å². The standard InChI is InChI=1S/C18H15F3N4O2/c19-18(20,21)12-3-1-11(2-4-12)16-23-15-5-6-25(8-13-7-22-10-27-13)9-14(15)17(26)24-16/h1-4,7,10H,5-6,8-9H2,(H,23,24,26). The summed E-state index contributed by atoms with van der Waals surface area (Å²) in [6, 6.07) is 4.58. The molecule has 0 spiro atoms. The molecule has 6 nitrogen and oxygen atoms in total. The monoisotopic (exact) mass is 376 g/mol. The van der Waals surface area contributed by atoms with Crippen molar-refractivity contribution in [2.75, 3.05) is 6.54 Å². The average Bonchev–Trinajstić information content (AvgIpc) is 3.14. The normalized spacial score (nSPS) is 14.9. The quantitative estimate of drug-likeness (QED) is 0.761. The highest BCUT2D eigenvalue weighted by molar-refractivity contribution is 5.56. The van der Waals surface area contributed by atoms with E-state index in [2.05, 4.69) is 19.9 Å². The molecule has 0 unspecified atom stereocenters. The predicted molar refractivity (Wildman–Crippen MR) is 89.6 cm³/mol.